The summed E-state index contributed by atoms with van der Waals surface area (Å²) in [6, 6.07) is 7.49. The van der Waals surface area contributed by atoms with E-state index in [0.717, 1.165) is 12.1 Å². The topological polar surface area (TPSA) is 82.3 Å². The summed E-state index contributed by atoms with van der Waals surface area (Å²) in [6.07, 6.45) is -3.50. The average Bonchev–Trinajstić information content (AvgIpc) is 2.61. The van der Waals surface area contributed by atoms with Crippen LogP contribution in [0, 0.1) is 18.6 Å². The third kappa shape index (κ3) is 4.57. The maximum absolute atomic E-state index is 14.6. The maximum Gasteiger partial charge on any atom is 0.573 e. The first-order valence-corrected chi connectivity index (χ1v) is 9.75. The van der Waals surface area contributed by atoms with Gasteiger partial charge < -0.3 is 4.74 Å². The lowest BCUT2D eigenvalue weighted by Gasteiger charge is -2.15. The summed E-state index contributed by atoms with van der Waals surface area (Å²) in [5.41, 5.74) is 0.630. The molecule has 0 saturated carbocycles. The highest BCUT2D eigenvalue weighted by Gasteiger charge is 2.31. The van der Waals surface area contributed by atoms with E-state index >= 15 is 0 Å². The van der Waals surface area contributed by atoms with Crippen LogP contribution < -0.4 is 9.88 Å². The third-order valence-electron chi connectivity index (χ3n) is 4.11. The zero-order chi connectivity index (χ0) is 22.3. The fourth-order valence-electron chi connectivity index (χ4n) is 2.89. The molecule has 2 aromatic carbocycles. The zero-order valence-electron chi connectivity index (χ0n) is 15.2. The molecule has 0 atom stereocenters. The first kappa shape index (κ1) is 21.7. The van der Waals surface area contributed by atoms with Crippen LogP contribution in [-0.4, -0.2) is 19.8 Å². The van der Waals surface area contributed by atoms with Gasteiger partial charge in [-0.15, -0.1) is 13.2 Å². The fraction of sp³-hybridized carbons (Fsp3) is 0.105. The summed E-state index contributed by atoms with van der Waals surface area (Å²) >= 11 is 0. The maximum atomic E-state index is 14.6. The Morgan fingerprint density at radius 1 is 0.967 bits per heavy atom. The van der Waals surface area contributed by atoms with E-state index in [1.54, 1.807) is 0 Å². The minimum absolute atomic E-state index is 0.0995. The predicted octanol–water partition coefficient (Wildman–Crippen LogP) is 4.55. The lowest BCUT2D eigenvalue weighted by molar-refractivity contribution is -0.274. The monoisotopic (exact) mass is 444 g/mol. The number of nitrogens with two attached hydrogens (primary N) is 1. The Kier molecular flexibility index (Phi) is 5.52. The molecule has 0 aliphatic heterocycles. The van der Waals surface area contributed by atoms with Crippen LogP contribution in [0.15, 0.2) is 53.6 Å². The van der Waals surface area contributed by atoms with Crippen LogP contribution in [0.3, 0.4) is 0 Å². The van der Waals surface area contributed by atoms with Crippen molar-refractivity contribution in [3.8, 4) is 28.1 Å². The molecular weight excluding hydrogens is 431 g/mol. The molecule has 30 heavy (non-hydrogen) atoms. The number of primary sulfonamides is 1. The molecule has 11 heteroatoms. The van der Waals surface area contributed by atoms with Gasteiger partial charge in [-0.25, -0.2) is 22.3 Å². The average molecular weight is 444 g/mol. The third-order valence-corrected chi connectivity index (χ3v) is 5.04. The fourth-order valence-corrected chi connectivity index (χ4v) is 3.49. The summed E-state index contributed by atoms with van der Waals surface area (Å²) in [7, 11) is -4.48. The quantitative estimate of drug-likeness (QED) is 0.599. The van der Waals surface area contributed by atoms with E-state index in [2.05, 4.69) is 9.72 Å². The van der Waals surface area contributed by atoms with E-state index in [4.69, 9.17) is 5.14 Å². The van der Waals surface area contributed by atoms with Crippen LogP contribution in [0.4, 0.5) is 22.0 Å². The SMILES string of the molecule is Cc1cc(OC(F)(F)F)ccc1-c1ncccc1-c1cc(F)c(S(N)(=O)=O)cc1F. The van der Waals surface area contributed by atoms with Crippen molar-refractivity contribution in [2.75, 3.05) is 0 Å². The van der Waals surface area contributed by atoms with E-state index in [-0.39, 0.29) is 16.8 Å². The normalized spacial score (nSPS) is 12.1. The Labute approximate surface area is 168 Å². The first-order valence-electron chi connectivity index (χ1n) is 8.21. The molecule has 1 heterocycles. The standard InChI is InChI=1S/C19H13F5N2O3S/c1-10-7-11(29-19(22,23)24)4-5-12(10)18-13(3-2-6-26-18)14-8-16(21)17(9-15(14)20)30(25,27)28/h2-9H,1H3,(H2,25,27,28). The largest absolute Gasteiger partial charge is 0.573 e. The van der Waals surface area contributed by atoms with Gasteiger partial charge in [0, 0.05) is 22.9 Å². The summed E-state index contributed by atoms with van der Waals surface area (Å²) in [6.45, 7) is 1.50. The van der Waals surface area contributed by atoms with Crippen molar-refractivity contribution in [1.82, 2.24) is 4.98 Å². The number of hydrogen-bond acceptors (Lipinski definition) is 4. The highest BCUT2D eigenvalue weighted by Crippen LogP contribution is 2.36. The van der Waals surface area contributed by atoms with Crippen molar-refractivity contribution >= 4 is 10.0 Å². The number of ether oxygens (including phenoxy) is 1. The van der Waals surface area contributed by atoms with Gasteiger partial charge in [0.15, 0.2) is 0 Å². The van der Waals surface area contributed by atoms with E-state index in [1.165, 1.54) is 31.3 Å². The first-order chi connectivity index (χ1) is 13.9. The molecule has 0 spiro atoms. The van der Waals surface area contributed by atoms with Gasteiger partial charge in [0.25, 0.3) is 0 Å². The Hall–Kier alpha value is -3.05. The lowest BCUT2D eigenvalue weighted by Crippen LogP contribution is -2.17. The summed E-state index contributed by atoms with van der Waals surface area (Å²) < 4.78 is 92.8. The summed E-state index contributed by atoms with van der Waals surface area (Å²) in [5.74, 6) is -2.77. The van der Waals surface area contributed by atoms with E-state index in [9.17, 15) is 30.4 Å². The molecule has 0 aliphatic carbocycles. The highest BCUT2D eigenvalue weighted by atomic mass is 32.2. The second kappa shape index (κ2) is 7.65. The van der Waals surface area contributed by atoms with Gasteiger partial charge in [-0.05, 0) is 48.9 Å². The second-order valence-electron chi connectivity index (χ2n) is 6.23. The van der Waals surface area contributed by atoms with E-state index in [1.807, 2.05) is 0 Å². The number of hydrogen-bond donors (Lipinski definition) is 1. The highest BCUT2D eigenvalue weighted by molar-refractivity contribution is 7.89. The van der Waals surface area contributed by atoms with Gasteiger partial charge in [-0.1, -0.05) is 6.07 Å². The van der Waals surface area contributed by atoms with Crippen LogP contribution in [0.25, 0.3) is 22.4 Å². The molecule has 3 aromatic rings. The van der Waals surface area contributed by atoms with Crippen LogP contribution in [-0.2, 0) is 10.0 Å². The molecule has 158 valence electrons. The number of aromatic nitrogens is 1. The minimum Gasteiger partial charge on any atom is -0.406 e. The number of sulfonamides is 1. The van der Waals surface area contributed by atoms with Crippen molar-refractivity contribution in [1.29, 1.82) is 0 Å². The number of halogens is 5. The predicted molar refractivity (Wildman–Crippen MR) is 97.8 cm³/mol. The Balaban J connectivity index is 2.14. The van der Waals surface area contributed by atoms with Gasteiger partial charge >= 0.3 is 6.36 Å². The van der Waals surface area contributed by atoms with Crippen LogP contribution in [0.2, 0.25) is 0 Å². The molecule has 0 saturated heterocycles. The molecular formula is C19H13F5N2O3S. The van der Waals surface area contributed by atoms with Gasteiger partial charge in [0.1, 0.15) is 22.3 Å². The van der Waals surface area contributed by atoms with Crippen molar-refractivity contribution in [3.05, 3.63) is 65.9 Å². The Morgan fingerprint density at radius 2 is 1.67 bits per heavy atom. The molecule has 2 N–H and O–H groups in total. The molecule has 0 aliphatic rings. The molecule has 0 radical (unpaired) electrons. The minimum atomic E-state index is -4.87. The van der Waals surface area contributed by atoms with Gasteiger partial charge in [0.05, 0.1) is 5.69 Å². The molecule has 0 bridgehead atoms. The zero-order valence-corrected chi connectivity index (χ0v) is 16.0. The molecule has 3 rings (SSSR count). The van der Waals surface area contributed by atoms with Gasteiger partial charge in [-0.3, -0.25) is 4.98 Å². The smallest absolute Gasteiger partial charge is 0.406 e. The Morgan fingerprint density at radius 3 is 2.27 bits per heavy atom. The number of benzene rings is 2. The molecule has 5 nitrogen and oxygen atoms in total. The lowest BCUT2D eigenvalue weighted by atomic mass is 9.96. The van der Waals surface area contributed by atoms with Crippen molar-refractivity contribution in [2.24, 2.45) is 5.14 Å². The van der Waals surface area contributed by atoms with Crippen LogP contribution >= 0.6 is 0 Å². The summed E-state index contributed by atoms with van der Waals surface area (Å²) in [4.78, 5) is 3.14. The van der Waals surface area contributed by atoms with Crippen molar-refractivity contribution in [2.45, 2.75) is 18.2 Å². The number of alkyl halides is 3. The molecule has 1 aromatic heterocycles. The van der Waals surface area contributed by atoms with Crippen LogP contribution in [0.1, 0.15) is 5.56 Å². The van der Waals surface area contributed by atoms with Crippen molar-refractivity contribution < 1.29 is 35.1 Å². The molecule has 0 fully saturated rings. The summed E-state index contributed by atoms with van der Waals surface area (Å²) in [5, 5.41) is 4.88. The number of pyridine rings is 1. The van der Waals surface area contributed by atoms with Gasteiger partial charge in [0.2, 0.25) is 10.0 Å². The van der Waals surface area contributed by atoms with E-state index in [0.29, 0.717) is 23.3 Å². The number of aryl methyl sites for hydroxylation is 1. The second-order valence-corrected chi connectivity index (χ2v) is 7.76. The number of nitrogens with zero attached hydrogens (tertiary/aromatic N) is 1. The molecule has 0 unspecified atom stereocenters. The van der Waals surface area contributed by atoms with Gasteiger partial charge in [-0.2, -0.15) is 0 Å². The van der Waals surface area contributed by atoms with Crippen LogP contribution in [0.5, 0.6) is 5.75 Å². The van der Waals surface area contributed by atoms with Crippen molar-refractivity contribution in [3.63, 3.8) is 0 Å². The van der Waals surface area contributed by atoms with E-state index < -0.39 is 38.7 Å². The Bertz CT molecular complexity index is 1230. The molecule has 0 amide bonds. The number of rotatable bonds is 4.